The van der Waals surface area contributed by atoms with Crippen molar-refractivity contribution in [3.8, 4) is 17.2 Å². The number of carbonyl (C=O) groups excluding carboxylic acids is 16. The molecule has 27 N–H and O–H groups in total. The molecule has 1 saturated heterocycles. The van der Waals surface area contributed by atoms with E-state index >= 15 is 33.6 Å². The molecule has 1 aliphatic heterocycles. The molecule has 718 valence electrons. The summed E-state index contributed by atoms with van der Waals surface area (Å²) in [4.78, 5) is 258. The molecule has 4 aromatic carbocycles. The van der Waals surface area contributed by atoms with Crippen molar-refractivity contribution in [2.45, 2.75) is 198 Å². The molecule has 7 rings (SSSR count). The van der Waals surface area contributed by atoms with Crippen molar-refractivity contribution < 1.29 is 102 Å². The van der Waals surface area contributed by atoms with Gasteiger partial charge in [-0.3, -0.25) is 86.9 Å². The number of phenolic OH excluding ortho intramolecular Hbond substituents is 3. The fourth-order valence-electron chi connectivity index (χ4n) is 13.9. The highest BCUT2D eigenvalue weighted by molar-refractivity contribution is 8.00. The predicted molar refractivity (Wildman–Crippen MR) is 483 cm³/mol. The minimum Gasteiger partial charge on any atom is -0.508 e. The first-order valence-corrected chi connectivity index (χ1v) is 44.4. The molecule has 1 fully saturated rings. The van der Waals surface area contributed by atoms with Gasteiger partial charge in [0.25, 0.3) is 0 Å². The lowest BCUT2D eigenvalue weighted by atomic mass is 9.95. The third-order valence-electron chi connectivity index (χ3n) is 21.0. The van der Waals surface area contributed by atoms with Crippen molar-refractivity contribution in [3.05, 3.63) is 162 Å². The summed E-state index contributed by atoms with van der Waals surface area (Å²) >= 11 is 0.734. The third kappa shape index (κ3) is 37.4. The smallest absolute Gasteiger partial charge is 0.303 e. The average Bonchev–Trinajstić information content (AvgIpc) is 1.60. The highest BCUT2D eigenvalue weighted by Gasteiger charge is 2.39. The number of imidazole rings is 2. The minimum atomic E-state index is -1.72. The van der Waals surface area contributed by atoms with E-state index in [4.69, 9.17) is 16.9 Å². The fraction of sp³-hybridized carbons (Fsp3) is 0.455. The Kier molecular flexibility index (Phi) is 42.3. The topological polar surface area (TPSA) is 697 Å². The van der Waals surface area contributed by atoms with Crippen molar-refractivity contribution in [2.24, 2.45) is 29.2 Å². The number of carboxylic acid groups (broad SMARTS) is 1. The monoisotopic (exact) mass is 1870 g/mol. The molecule has 0 spiro atoms. The van der Waals surface area contributed by atoms with Crippen molar-refractivity contribution in [2.75, 3.05) is 37.7 Å². The van der Waals surface area contributed by atoms with Crippen LogP contribution in [0.2, 0.25) is 0 Å². The summed E-state index contributed by atoms with van der Waals surface area (Å²) in [6, 6.07) is 5.74. The number of benzene rings is 4. The highest BCUT2D eigenvalue weighted by Crippen LogP contribution is 2.20. The van der Waals surface area contributed by atoms with Crippen molar-refractivity contribution in [3.63, 3.8) is 0 Å². The quantitative estimate of drug-likeness (QED) is 0.0130. The van der Waals surface area contributed by atoms with Gasteiger partial charge in [0.15, 0.2) is 5.96 Å². The zero-order chi connectivity index (χ0) is 97.4. The maximum Gasteiger partial charge on any atom is 0.303 e. The molecule has 45 heteroatoms. The maximum absolute atomic E-state index is 15.5. The maximum atomic E-state index is 15.5. The zero-order valence-electron chi connectivity index (χ0n) is 74.4. The minimum absolute atomic E-state index is 0.0176. The van der Waals surface area contributed by atoms with Crippen LogP contribution in [0, 0.1) is 23.2 Å². The largest absolute Gasteiger partial charge is 0.508 e. The summed E-state index contributed by atoms with van der Waals surface area (Å²) in [6.07, 6.45) is 1.88. The van der Waals surface area contributed by atoms with E-state index in [-0.39, 0.29) is 111 Å². The van der Waals surface area contributed by atoms with Crippen LogP contribution in [-0.4, -0.2) is 257 Å². The van der Waals surface area contributed by atoms with Gasteiger partial charge in [-0.15, -0.1) is 11.8 Å². The second-order valence-corrected chi connectivity index (χ2v) is 33.9. The summed E-state index contributed by atoms with van der Waals surface area (Å²) in [5, 5.41) is 89.9. The fourth-order valence-corrected chi connectivity index (χ4v) is 14.7. The lowest BCUT2D eigenvalue weighted by Crippen LogP contribution is -2.62. The molecule has 13 atom stereocenters. The Morgan fingerprint density at radius 2 is 0.812 bits per heavy atom. The third-order valence-corrected chi connectivity index (χ3v) is 22.0. The first kappa shape index (κ1) is 105. The lowest BCUT2D eigenvalue weighted by Gasteiger charge is -2.30. The predicted octanol–water partition coefficient (Wildman–Crippen LogP) is -3.33. The Hall–Kier alpha value is -14.7. The standard InChI is InChI=1S/C88H119N23O21S/c1-7-49(6)75-87(132)110-62(31-48(4)5)81(126)105-63(33-51-15-21-56(112)22-16-51)77(122)97-41-71(116)100-60(27-28-74(119)120)79(124)104-61(30-47(2)3)76(121)96-42-72(117)102-69(78(123)95-40-70(89)115)43-133-44-73(118)101-64(34-52-17-23-57(113)24-18-52)82(127)108-68(37-55-39-93-46-99-55)86(131)109-67(36-54-38-92-45-98-54)85(130)107-66(35-53-19-25-58(114)26-20-53)84(129)106-65(32-50-12-9-8-10-13-50)83(128)103-59(80(125)111-75)14-11-29-94-88(90)91/h8-10,12-13,15-26,38-39,45-49,59-69,75,112-114H,7,11,14,27-37,40-44H2,1-6H3,(H2,89,115)(H,92,98)(H,93,99)(H,95,123)(H,96,121)(H,97,122)(H,100,116)(H,101,118)(H,102,117)(H,103,128)(H,104,124)(H,105,126)(H,106,129)(H,107,130)(H,108,127)(H,109,131)(H,110,132)(H,111,125)(H,119,120)(H4,90,91,94)/t49-,59-,60-,61-,62-,63-,64-,65-,66-,67-,68-,69-,75-/m0/s1. The molecule has 3 heterocycles. The second-order valence-electron chi connectivity index (χ2n) is 32.9. The Bertz CT molecular complexity index is 4960. The van der Waals surface area contributed by atoms with Crippen LogP contribution in [0.4, 0.5) is 0 Å². The number of aromatic nitrogens is 4. The number of nitrogens with two attached hydrogens (primary N) is 2. The highest BCUT2D eigenvalue weighted by atomic mass is 32.2. The van der Waals surface area contributed by atoms with E-state index in [1.165, 1.54) is 97.8 Å². The van der Waals surface area contributed by atoms with Gasteiger partial charge in [-0.1, -0.05) is 115 Å². The number of carbonyl (C=O) groups is 17. The van der Waals surface area contributed by atoms with Crippen LogP contribution in [0.3, 0.4) is 0 Å². The van der Waals surface area contributed by atoms with Gasteiger partial charge in [0.2, 0.25) is 94.5 Å². The summed E-state index contributed by atoms with van der Waals surface area (Å²) in [6.45, 7) is 7.60. The molecule has 1 aliphatic rings. The van der Waals surface area contributed by atoms with Crippen LogP contribution in [0.1, 0.15) is 120 Å². The van der Waals surface area contributed by atoms with E-state index in [0.717, 1.165) is 11.8 Å². The second kappa shape index (κ2) is 53.5. The number of aliphatic carboxylic acids is 1. The Balaban J connectivity index is 1.31. The summed E-state index contributed by atoms with van der Waals surface area (Å²) in [5.41, 5.74) is 12.9. The van der Waals surface area contributed by atoms with Gasteiger partial charge in [-0.05, 0) is 109 Å². The number of aromatic hydroxyl groups is 3. The van der Waals surface area contributed by atoms with Gasteiger partial charge in [-0.2, -0.15) is 0 Å². The van der Waals surface area contributed by atoms with Crippen molar-refractivity contribution in [1.82, 2.24) is 105 Å². The zero-order valence-corrected chi connectivity index (χ0v) is 75.2. The van der Waals surface area contributed by atoms with Crippen molar-refractivity contribution in [1.29, 1.82) is 5.41 Å². The molecule has 0 aliphatic carbocycles. The van der Waals surface area contributed by atoms with Gasteiger partial charge >= 0.3 is 5.97 Å². The van der Waals surface area contributed by atoms with Crippen LogP contribution in [0.5, 0.6) is 17.2 Å². The van der Waals surface area contributed by atoms with Gasteiger partial charge in [0.1, 0.15) is 89.8 Å². The molecule has 0 bridgehead atoms. The molecule has 0 unspecified atom stereocenters. The lowest BCUT2D eigenvalue weighted by molar-refractivity contribution is -0.138. The number of carboxylic acids is 1. The summed E-state index contributed by atoms with van der Waals surface area (Å²) in [5.74, 6) is -20.7. The molecular formula is C88H119N23O21S. The van der Waals surface area contributed by atoms with Crippen LogP contribution >= 0.6 is 11.8 Å². The normalized spacial score (nSPS) is 22.2. The Morgan fingerprint density at radius 1 is 0.444 bits per heavy atom. The van der Waals surface area contributed by atoms with Gasteiger partial charge < -0.3 is 127 Å². The molecular weight excluding hydrogens is 1750 g/mol. The molecule has 16 amide bonds. The van der Waals surface area contributed by atoms with Crippen LogP contribution < -0.4 is 96.5 Å². The number of rotatable bonds is 28. The molecule has 2 aromatic heterocycles. The number of thioether (sulfide) groups is 1. The number of hydrogen-bond donors (Lipinski definition) is 25. The number of guanidine groups is 1. The number of amides is 16. The van der Waals surface area contributed by atoms with Gasteiger partial charge in [0, 0.05) is 69.6 Å². The van der Waals surface area contributed by atoms with Crippen LogP contribution in [-0.2, 0) is 120 Å². The number of primary amides is 1. The molecule has 0 radical (unpaired) electrons. The first-order valence-electron chi connectivity index (χ1n) is 43.2. The average molecular weight is 1870 g/mol. The first-order chi connectivity index (χ1) is 63.3. The summed E-state index contributed by atoms with van der Waals surface area (Å²) in [7, 11) is 0. The number of hydrogen-bond acceptors (Lipinski definition) is 24. The van der Waals surface area contributed by atoms with Crippen LogP contribution in [0.15, 0.2) is 128 Å². The Labute approximate surface area is 770 Å². The number of nitrogens with zero attached hydrogens (tertiary/aromatic N) is 2. The number of aromatic amines is 2. The molecule has 133 heavy (non-hydrogen) atoms. The van der Waals surface area contributed by atoms with Gasteiger partial charge in [-0.25, -0.2) is 9.97 Å². The molecule has 0 saturated carbocycles. The number of phenols is 3. The van der Waals surface area contributed by atoms with E-state index in [1.54, 1.807) is 71.9 Å². The van der Waals surface area contributed by atoms with Crippen molar-refractivity contribution >= 4 is 118 Å². The number of nitrogens with one attached hydrogen (secondary N) is 19. The SMILES string of the molecule is CC[C@H](C)[C@@H]1NC(=O)[C@H](CCCNC(=N)N)NC(=O)[C@H](Cc2ccccc2)NC(=O)[C@H](Cc2ccc(O)cc2)NC(=O)[C@H](Cc2c[nH]cn2)NC(=O)[C@H](Cc2c[nH]cn2)NC(=O)[C@H](Cc2ccc(O)cc2)NC(=O)CSC[C@@H](C(=O)NCC(N)=O)NC(=O)CNC(=O)[C@H](CC(C)C)NC(=O)[C@H](CCC(=O)O)NC(=O)CNC(=O)[C@H](Cc2ccc(O)cc2)NC(=O)[C@H](CC(C)C)NC1=O. The van der Waals surface area contributed by atoms with E-state index < -0.39 is 235 Å². The Morgan fingerprint density at radius 3 is 1.24 bits per heavy atom. The van der Waals surface area contributed by atoms with E-state index in [0.29, 0.717) is 22.3 Å². The summed E-state index contributed by atoms with van der Waals surface area (Å²) < 4.78 is 0. The van der Waals surface area contributed by atoms with E-state index in [9.17, 15) is 68.4 Å². The van der Waals surface area contributed by atoms with E-state index in [1.807, 2.05) is 0 Å². The molecule has 6 aromatic rings. The van der Waals surface area contributed by atoms with Gasteiger partial charge in [0.05, 0.1) is 49.4 Å². The number of H-pyrrole nitrogens is 2. The van der Waals surface area contributed by atoms with Crippen LogP contribution in [0.25, 0.3) is 0 Å². The van der Waals surface area contributed by atoms with E-state index in [2.05, 4.69) is 105 Å². The molecule has 44 nitrogen and oxygen atoms in total.